The van der Waals surface area contributed by atoms with Gasteiger partial charge >= 0.3 is 0 Å². The Morgan fingerprint density at radius 2 is 1.70 bits per heavy atom. The fourth-order valence-electron chi connectivity index (χ4n) is 3.24. The van der Waals surface area contributed by atoms with Gasteiger partial charge in [-0.15, -0.1) is 0 Å². The summed E-state index contributed by atoms with van der Waals surface area (Å²) in [7, 11) is -3.82. The highest BCUT2D eigenvalue weighted by molar-refractivity contribution is 7.89. The van der Waals surface area contributed by atoms with Gasteiger partial charge in [0.2, 0.25) is 10.0 Å². The fraction of sp³-hybridized carbons (Fsp3) is 0.368. The van der Waals surface area contributed by atoms with E-state index in [2.05, 4.69) is 9.62 Å². The van der Waals surface area contributed by atoms with Crippen LogP contribution in [0.5, 0.6) is 0 Å². The van der Waals surface area contributed by atoms with Gasteiger partial charge in [-0.1, -0.05) is 36.8 Å². The number of hydrogen-bond acceptors (Lipinski definition) is 5. The molecule has 0 amide bonds. The van der Waals surface area contributed by atoms with Crippen LogP contribution in [0, 0.1) is 10.1 Å². The van der Waals surface area contributed by atoms with Crippen molar-refractivity contribution in [1.82, 2.24) is 9.62 Å². The largest absolute Gasteiger partial charge is 0.299 e. The lowest BCUT2D eigenvalue weighted by molar-refractivity contribution is -0.385. The number of sulfonamides is 1. The lowest BCUT2D eigenvalue weighted by Crippen LogP contribution is -2.29. The molecule has 0 unspecified atom stereocenters. The number of nitro groups is 1. The Morgan fingerprint density at radius 1 is 1.00 bits per heavy atom. The molecule has 0 atom stereocenters. The van der Waals surface area contributed by atoms with Crippen LogP contribution in [0.3, 0.4) is 0 Å². The standard InChI is InChI=1S/C19H23N3O4S/c23-22(24)18-8-5-9-19(13-18)27(25,26)20-14-16-6-4-7-17(12-16)15-21-10-2-1-3-11-21/h4-9,12-13,20H,1-3,10-11,14-15H2. The molecule has 1 heterocycles. The number of piperidine rings is 1. The molecule has 8 heteroatoms. The number of nitrogens with zero attached hydrogens (tertiary/aromatic N) is 2. The number of hydrogen-bond donors (Lipinski definition) is 1. The zero-order valence-corrected chi connectivity index (χ0v) is 15.8. The summed E-state index contributed by atoms with van der Waals surface area (Å²) in [4.78, 5) is 12.5. The molecule has 3 rings (SSSR count). The van der Waals surface area contributed by atoms with Gasteiger partial charge in [0.05, 0.1) is 9.82 Å². The van der Waals surface area contributed by atoms with Crippen LogP contribution in [0.1, 0.15) is 30.4 Å². The predicted octanol–water partition coefficient (Wildman–Crippen LogP) is 3.06. The molecule has 2 aromatic rings. The summed E-state index contributed by atoms with van der Waals surface area (Å²) in [6.07, 6.45) is 3.74. The average Bonchev–Trinajstić information content (AvgIpc) is 2.68. The fourth-order valence-corrected chi connectivity index (χ4v) is 4.30. The minimum absolute atomic E-state index is 0.110. The first-order valence-corrected chi connectivity index (χ1v) is 10.5. The second-order valence-corrected chi connectivity index (χ2v) is 8.50. The number of nitrogens with one attached hydrogen (secondary N) is 1. The molecule has 144 valence electrons. The van der Waals surface area contributed by atoms with Gasteiger partial charge in [-0.3, -0.25) is 15.0 Å². The lowest BCUT2D eigenvalue weighted by Gasteiger charge is -2.26. The summed E-state index contributed by atoms with van der Waals surface area (Å²) in [5.74, 6) is 0. The van der Waals surface area contributed by atoms with Crippen LogP contribution < -0.4 is 4.72 Å². The molecule has 0 aromatic heterocycles. The molecule has 7 nitrogen and oxygen atoms in total. The third-order valence-electron chi connectivity index (χ3n) is 4.65. The van der Waals surface area contributed by atoms with Crippen molar-refractivity contribution in [2.75, 3.05) is 13.1 Å². The van der Waals surface area contributed by atoms with Crippen LogP contribution in [-0.4, -0.2) is 31.3 Å². The quantitative estimate of drug-likeness (QED) is 0.580. The molecule has 1 aliphatic heterocycles. The minimum atomic E-state index is -3.82. The lowest BCUT2D eigenvalue weighted by atomic mass is 10.1. The molecule has 0 spiro atoms. The monoisotopic (exact) mass is 389 g/mol. The maximum absolute atomic E-state index is 12.4. The third kappa shape index (κ3) is 5.35. The van der Waals surface area contributed by atoms with E-state index in [0.717, 1.165) is 36.8 Å². The van der Waals surface area contributed by atoms with E-state index in [1.807, 2.05) is 24.3 Å². The molecular weight excluding hydrogens is 366 g/mol. The highest BCUT2D eigenvalue weighted by atomic mass is 32.2. The SMILES string of the molecule is O=[N+]([O-])c1cccc(S(=O)(=O)NCc2cccc(CN3CCCCC3)c2)c1. The molecule has 0 bridgehead atoms. The van der Waals surface area contributed by atoms with Gasteiger partial charge in [0.15, 0.2) is 0 Å². The summed E-state index contributed by atoms with van der Waals surface area (Å²) in [5.41, 5.74) is 1.77. The topological polar surface area (TPSA) is 92.5 Å². The summed E-state index contributed by atoms with van der Waals surface area (Å²) in [6.45, 7) is 3.21. The predicted molar refractivity (Wildman–Crippen MR) is 103 cm³/mol. The molecule has 1 aliphatic rings. The van der Waals surface area contributed by atoms with Crippen molar-refractivity contribution < 1.29 is 13.3 Å². The highest BCUT2D eigenvalue weighted by Crippen LogP contribution is 2.18. The van der Waals surface area contributed by atoms with E-state index in [1.54, 1.807) is 0 Å². The highest BCUT2D eigenvalue weighted by Gasteiger charge is 2.17. The number of rotatable bonds is 7. The first kappa shape index (κ1) is 19.5. The van der Waals surface area contributed by atoms with E-state index in [4.69, 9.17) is 0 Å². The van der Waals surface area contributed by atoms with E-state index in [-0.39, 0.29) is 17.1 Å². The van der Waals surface area contributed by atoms with Crippen molar-refractivity contribution in [2.24, 2.45) is 0 Å². The zero-order chi connectivity index (χ0) is 19.3. The van der Waals surface area contributed by atoms with E-state index in [9.17, 15) is 18.5 Å². The van der Waals surface area contributed by atoms with Crippen LogP contribution in [-0.2, 0) is 23.1 Å². The molecule has 1 N–H and O–H groups in total. The maximum Gasteiger partial charge on any atom is 0.270 e. The Kier molecular flexibility index (Phi) is 6.20. The molecule has 1 saturated heterocycles. The molecule has 0 radical (unpaired) electrons. The summed E-state index contributed by atoms with van der Waals surface area (Å²) in [5, 5.41) is 10.8. The summed E-state index contributed by atoms with van der Waals surface area (Å²) < 4.78 is 27.4. The molecule has 27 heavy (non-hydrogen) atoms. The smallest absolute Gasteiger partial charge is 0.270 e. The third-order valence-corrected chi connectivity index (χ3v) is 6.05. The number of nitro benzene ring substituents is 1. The zero-order valence-electron chi connectivity index (χ0n) is 15.0. The van der Waals surface area contributed by atoms with E-state index in [1.165, 1.54) is 37.5 Å². The van der Waals surface area contributed by atoms with Gasteiger partial charge in [-0.05, 0) is 43.1 Å². The van der Waals surface area contributed by atoms with Crippen molar-refractivity contribution in [3.63, 3.8) is 0 Å². The van der Waals surface area contributed by atoms with Crippen LogP contribution in [0.4, 0.5) is 5.69 Å². The van der Waals surface area contributed by atoms with Gasteiger partial charge < -0.3 is 0 Å². The van der Waals surface area contributed by atoms with Crippen molar-refractivity contribution >= 4 is 15.7 Å². The van der Waals surface area contributed by atoms with Crippen molar-refractivity contribution in [3.8, 4) is 0 Å². The Morgan fingerprint density at radius 3 is 2.44 bits per heavy atom. The van der Waals surface area contributed by atoms with E-state index < -0.39 is 14.9 Å². The van der Waals surface area contributed by atoms with Gasteiger partial charge in [-0.2, -0.15) is 0 Å². The van der Waals surface area contributed by atoms with Crippen molar-refractivity contribution in [3.05, 3.63) is 69.8 Å². The van der Waals surface area contributed by atoms with Crippen molar-refractivity contribution in [2.45, 2.75) is 37.2 Å². The Labute approximate surface area is 159 Å². The van der Waals surface area contributed by atoms with E-state index >= 15 is 0 Å². The number of non-ortho nitro benzene ring substituents is 1. The first-order chi connectivity index (χ1) is 12.9. The average molecular weight is 389 g/mol. The molecule has 1 fully saturated rings. The normalized spacial score (nSPS) is 15.6. The van der Waals surface area contributed by atoms with Crippen molar-refractivity contribution in [1.29, 1.82) is 0 Å². The van der Waals surface area contributed by atoms with Gasteiger partial charge in [-0.25, -0.2) is 13.1 Å². The Hall–Kier alpha value is -2.29. The maximum atomic E-state index is 12.4. The second kappa shape index (κ2) is 8.60. The van der Waals surface area contributed by atoms with Crippen LogP contribution >= 0.6 is 0 Å². The summed E-state index contributed by atoms with van der Waals surface area (Å²) >= 11 is 0. The van der Waals surface area contributed by atoms with Gasteiger partial charge in [0.25, 0.3) is 5.69 Å². The molecule has 2 aromatic carbocycles. The van der Waals surface area contributed by atoms with Crippen LogP contribution in [0.15, 0.2) is 53.4 Å². The minimum Gasteiger partial charge on any atom is -0.299 e. The second-order valence-electron chi connectivity index (χ2n) is 6.74. The molecular formula is C19H23N3O4S. The van der Waals surface area contributed by atoms with Gasteiger partial charge in [0.1, 0.15) is 0 Å². The van der Waals surface area contributed by atoms with Crippen LogP contribution in [0.2, 0.25) is 0 Å². The molecule has 0 saturated carbocycles. The Balaban J connectivity index is 1.66. The Bertz CT molecular complexity index is 909. The summed E-state index contributed by atoms with van der Waals surface area (Å²) in [6, 6.07) is 12.9. The first-order valence-electron chi connectivity index (χ1n) is 8.98. The van der Waals surface area contributed by atoms with E-state index in [0.29, 0.717) is 0 Å². The molecule has 0 aliphatic carbocycles. The number of benzene rings is 2. The van der Waals surface area contributed by atoms with Crippen LogP contribution in [0.25, 0.3) is 0 Å². The van der Waals surface area contributed by atoms with Gasteiger partial charge in [0, 0.05) is 25.2 Å². The number of likely N-dealkylation sites (tertiary alicyclic amines) is 1.